The summed E-state index contributed by atoms with van der Waals surface area (Å²) in [6.07, 6.45) is -0.0108. The Balaban J connectivity index is 1.94. The van der Waals surface area contributed by atoms with Gasteiger partial charge < -0.3 is 14.5 Å². The fourth-order valence-corrected chi connectivity index (χ4v) is 3.26. The lowest BCUT2D eigenvalue weighted by molar-refractivity contribution is -0.133. The standard InChI is InChI=1S/C18H24BrClN2O3/c1-12-11-21(7-8-22(12)17(24)25-18(2,3)4)16(23)10-13-5-6-15(20)14(19)9-13/h5-6,9,12H,7-8,10-11H2,1-4H3. The van der Waals surface area contributed by atoms with Gasteiger partial charge in [0.15, 0.2) is 0 Å². The third-order valence-corrected chi connectivity index (χ3v) is 5.16. The van der Waals surface area contributed by atoms with Gasteiger partial charge in [-0.25, -0.2) is 4.79 Å². The van der Waals surface area contributed by atoms with Crippen LogP contribution in [0, 0.1) is 0 Å². The fourth-order valence-electron chi connectivity index (χ4n) is 2.71. The molecule has 0 saturated carbocycles. The molecule has 25 heavy (non-hydrogen) atoms. The minimum atomic E-state index is -0.522. The van der Waals surface area contributed by atoms with Crippen molar-refractivity contribution in [3.63, 3.8) is 0 Å². The maximum absolute atomic E-state index is 12.6. The second-order valence-electron chi connectivity index (χ2n) is 7.29. The van der Waals surface area contributed by atoms with E-state index < -0.39 is 5.60 Å². The van der Waals surface area contributed by atoms with Crippen LogP contribution in [0.2, 0.25) is 5.02 Å². The first-order valence-corrected chi connectivity index (χ1v) is 9.45. The molecule has 1 atom stereocenters. The fraction of sp³-hybridized carbons (Fsp3) is 0.556. The summed E-state index contributed by atoms with van der Waals surface area (Å²) >= 11 is 9.36. The number of carbonyl (C=O) groups excluding carboxylic acids is 2. The van der Waals surface area contributed by atoms with Crippen molar-refractivity contribution in [2.45, 2.75) is 45.8 Å². The number of nitrogens with zero attached hydrogens (tertiary/aromatic N) is 2. The highest BCUT2D eigenvalue weighted by Crippen LogP contribution is 2.24. The topological polar surface area (TPSA) is 49.9 Å². The molecule has 2 rings (SSSR count). The molecule has 1 aromatic rings. The Morgan fingerprint density at radius 3 is 2.56 bits per heavy atom. The van der Waals surface area contributed by atoms with Crippen molar-refractivity contribution in [1.29, 1.82) is 0 Å². The summed E-state index contributed by atoms with van der Waals surface area (Å²) in [7, 11) is 0. The van der Waals surface area contributed by atoms with E-state index >= 15 is 0 Å². The molecule has 1 aromatic carbocycles. The first-order valence-electron chi connectivity index (χ1n) is 8.28. The maximum atomic E-state index is 12.6. The van der Waals surface area contributed by atoms with E-state index in [9.17, 15) is 9.59 Å². The van der Waals surface area contributed by atoms with Crippen LogP contribution >= 0.6 is 27.5 Å². The van der Waals surface area contributed by atoms with Crippen LogP contribution in [0.4, 0.5) is 4.79 Å². The van der Waals surface area contributed by atoms with E-state index in [2.05, 4.69) is 15.9 Å². The molecule has 5 nitrogen and oxygen atoms in total. The van der Waals surface area contributed by atoms with Gasteiger partial charge in [0, 0.05) is 30.1 Å². The van der Waals surface area contributed by atoms with E-state index in [4.69, 9.17) is 16.3 Å². The van der Waals surface area contributed by atoms with Gasteiger partial charge in [0.25, 0.3) is 0 Å². The van der Waals surface area contributed by atoms with Crippen molar-refractivity contribution in [1.82, 2.24) is 9.80 Å². The third-order valence-electron chi connectivity index (χ3n) is 3.95. The summed E-state index contributed by atoms with van der Waals surface area (Å²) in [5, 5.41) is 0.621. The SMILES string of the molecule is CC1CN(C(=O)Cc2ccc(Cl)c(Br)c2)CCN1C(=O)OC(C)(C)C. The molecule has 1 aliphatic rings. The lowest BCUT2D eigenvalue weighted by Gasteiger charge is -2.40. The van der Waals surface area contributed by atoms with Crippen LogP contribution in [0.15, 0.2) is 22.7 Å². The van der Waals surface area contributed by atoms with Crippen molar-refractivity contribution >= 4 is 39.5 Å². The number of amides is 2. The molecule has 138 valence electrons. The number of hydrogen-bond donors (Lipinski definition) is 0. The van der Waals surface area contributed by atoms with Crippen molar-refractivity contribution < 1.29 is 14.3 Å². The number of halogens is 2. The second kappa shape index (κ2) is 7.96. The van der Waals surface area contributed by atoms with Gasteiger partial charge in [-0.2, -0.15) is 0 Å². The normalized spacial score (nSPS) is 18.2. The van der Waals surface area contributed by atoms with E-state index in [1.807, 2.05) is 39.8 Å². The predicted octanol–water partition coefficient (Wildman–Crippen LogP) is 4.11. The third kappa shape index (κ3) is 5.61. The molecule has 0 aromatic heterocycles. The van der Waals surface area contributed by atoms with Crippen LogP contribution in [-0.2, 0) is 16.0 Å². The van der Waals surface area contributed by atoms with Crippen LogP contribution in [0.25, 0.3) is 0 Å². The van der Waals surface area contributed by atoms with Crippen LogP contribution in [0.1, 0.15) is 33.3 Å². The van der Waals surface area contributed by atoms with E-state index in [1.165, 1.54) is 0 Å². The zero-order chi connectivity index (χ0) is 18.8. The van der Waals surface area contributed by atoms with Crippen LogP contribution in [0.5, 0.6) is 0 Å². The summed E-state index contributed by atoms with van der Waals surface area (Å²) < 4.78 is 6.21. The lowest BCUT2D eigenvalue weighted by atomic mass is 10.1. The Labute approximate surface area is 162 Å². The average molecular weight is 432 g/mol. The van der Waals surface area contributed by atoms with Crippen molar-refractivity contribution in [3.8, 4) is 0 Å². The van der Waals surface area contributed by atoms with Crippen LogP contribution < -0.4 is 0 Å². The summed E-state index contributed by atoms with van der Waals surface area (Å²) in [6, 6.07) is 5.41. The number of ether oxygens (including phenoxy) is 1. The molecule has 1 aliphatic heterocycles. The smallest absolute Gasteiger partial charge is 0.410 e. The number of piperazine rings is 1. The van der Waals surface area contributed by atoms with E-state index in [-0.39, 0.29) is 18.0 Å². The Hall–Kier alpha value is -1.27. The highest BCUT2D eigenvalue weighted by Gasteiger charge is 2.32. The van der Waals surface area contributed by atoms with Gasteiger partial charge in [0.05, 0.1) is 11.4 Å². The number of benzene rings is 1. The molecule has 1 fully saturated rings. The van der Waals surface area contributed by atoms with Gasteiger partial charge in [0.1, 0.15) is 5.60 Å². The molecule has 2 amide bonds. The summed E-state index contributed by atoms with van der Waals surface area (Å²) in [6.45, 7) is 8.97. The maximum Gasteiger partial charge on any atom is 0.410 e. The van der Waals surface area contributed by atoms with Gasteiger partial charge in [-0.1, -0.05) is 17.7 Å². The second-order valence-corrected chi connectivity index (χ2v) is 8.55. The quantitative estimate of drug-likeness (QED) is 0.708. The van der Waals surface area contributed by atoms with E-state index in [1.54, 1.807) is 15.9 Å². The molecule has 1 saturated heterocycles. The van der Waals surface area contributed by atoms with Gasteiger partial charge in [-0.3, -0.25) is 4.79 Å². The molecule has 0 spiro atoms. The minimum Gasteiger partial charge on any atom is -0.444 e. The predicted molar refractivity (Wildman–Crippen MR) is 102 cm³/mol. The highest BCUT2D eigenvalue weighted by atomic mass is 79.9. The monoisotopic (exact) mass is 430 g/mol. The molecule has 0 N–H and O–H groups in total. The summed E-state index contributed by atoms with van der Waals surface area (Å²) in [5.74, 6) is 0.0462. The zero-order valence-corrected chi connectivity index (χ0v) is 17.4. The molecule has 0 radical (unpaired) electrons. The van der Waals surface area contributed by atoms with Crippen molar-refractivity contribution in [2.24, 2.45) is 0 Å². The first kappa shape index (κ1) is 20.0. The van der Waals surface area contributed by atoms with Crippen molar-refractivity contribution in [2.75, 3.05) is 19.6 Å². The Morgan fingerprint density at radius 2 is 2.00 bits per heavy atom. The largest absolute Gasteiger partial charge is 0.444 e. The highest BCUT2D eigenvalue weighted by molar-refractivity contribution is 9.10. The molecule has 1 heterocycles. The Morgan fingerprint density at radius 1 is 1.32 bits per heavy atom. The minimum absolute atomic E-state index is 0.0462. The Kier molecular flexibility index (Phi) is 6.38. The molecule has 0 bridgehead atoms. The van der Waals surface area contributed by atoms with E-state index in [0.29, 0.717) is 31.1 Å². The zero-order valence-electron chi connectivity index (χ0n) is 15.0. The lowest BCUT2D eigenvalue weighted by Crippen LogP contribution is -2.56. The van der Waals surface area contributed by atoms with Crippen LogP contribution in [0.3, 0.4) is 0 Å². The first-order chi connectivity index (χ1) is 11.6. The molecular formula is C18H24BrClN2O3. The van der Waals surface area contributed by atoms with Gasteiger partial charge >= 0.3 is 6.09 Å². The molecule has 1 unspecified atom stereocenters. The molecular weight excluding hydrogens is 408 g/mol. The van der Waals surface area contributed by atoms with E-state index in [0.717, 1.165) is 10.0 Å². The average Bonchev–Trinajstić information content (AvgIpc) is 2.49. The van der Waals surface area contributed by atoms with Crippen LogP contribution in [-0.4, -0.2) is 53.1 Å². The molecule has 7 heteroatoms. The summed E-state index contributed by atoms with van der Waals surface area (Å²) in [4.78, 5) is 28.3. The van der Waals surface area contributed by atoms with Crippen molar-refractivity contribution in [3.05, 3.63) is 33.3 Å². The molecule has 0 aliphatic carbocycles. The Bertz CT molecular complexity index is 660. The number of hydrogen-bond acceptors (Lipinski definition) is 3. The van der Waals surface area contributed by atoms with Gasteiger partial charge in [0.2, 0.25) is 5.91 Å². The number of carbonyl (C=O) groups is 2. The number of rotatable bonds is 2. The van der Waals surface area contributed by atoms with Gasteiger partial charge in [-0.05, 0) is 61.3 Å². The summed E-state index contributed by atoms with van der Waals surface area (Å²) in [5.41, 5.74) is 0.384. The van der Waals surface area contributed by atoms with Gasteiger partial charge in [-0.15, -0.1) is 0 Å².